The van der Waals surface area contributed by atoms with Crippen molar-refractivity contribution in [2.45, 2.75) is 64.3 Å². The predicted molar refractivity (Wildman–Crippen MR) is 171 cm³/mol. The van der Waals surface area contributed by atoms with Crippen molar-refractivity contribution in [1.82, 2.24) is 5.06 Å². The maximum absolute atomic E-state index is 12.4. The van der Waals surface area contributed by atoms with E-state index < -0.39 is 11.8 Å². The van der Waals surface area contributed by atoms with Gasteiger partial charge in [-0.05, 0) is 73.7 Å². The molecule has 2 atom stereocenters. The van der Waals surface area contributed by atoms with Crippen LogP contribution in [-0.4, -0.2) is 48.4 Å². The first kappa shape index (κ1) is 31.2. The van der Waals surface area contributed by atoms with Crippen molar-refractivity contribution in [2.24, 2.45) is 0 Å². The fraction of sp³-hybridized carbons (Fsp3) is 0.351. The first-order valence-corrected chi connectivity index (χ1v) is 15.3. The van der Waals surface area contributed by atoms with Gasteiger partial charge in [-0.1, -0.05) is 78.9 Å². The van der Waals surface area contributed by atoms with Gasteiger partial charge in [0, 0.05) is 24.4 Å². The van der Waals surface area contributed by atoms with Gasteiger partial charge in [-0.15, -0.1) is 5.06 Å². The Bertz CT molecular complexity index is 1530. The molecule has 7 heteroatoms. The smallest absolute Gasteiger partial charge is 0.494 e. The van der Waals surface area contributed by atoms with E-state index >= 15 is 0 Å². The quantitative estimate of drug-likeness (QED) is 0.0985. The number of rotatable bonds is 11. The summed E-state index contributed by atoms with van der Waals surface area (Å²) in [6.07, 6.45) is 0.913. The van der Waals surface area contributed by atoms with E-state index in [-0.39, 0.29) is 17.8 Å². The summed E-state index contributed by atoms with van der Waals surface area (Å²) in [5.74, 6) is 0.994. The largest absolute Gasteiger partial charge is 0.528 e. The van der Waals surface area contributed by atoms with Crippen molar-refractivity contribution in [1.29, 1.82) is 0 Å². The number of benzene rings is 4. The molecule has 1 aliphatic rings. The SMILES string of the molecule is CC(C)(C)OC(=O)ON1CCC(c2ccc(OCCCC(=O)c3ccccc3)cc2)C(OCc2ccc3ccccc3c2)C1. The van der Waals surface area contributed by atoms with E-state index in [1.807, 2.05) is 75.4 Å². The molecule has 2 unspecified atom stereocenters. The van der Waals surface area contributed by atoms with E-state index in [0.29, 0.717) is 39.1 Å². The minimum atomic E-state index is -0.712. The summed E-state index contributed by atoms with van der Waals surface area (Å²) in [5, 5.41) is 4.00. The van der Waals surface area contributed by atoms with Crippen LogP contribution in [-0.2, 0) is 20.9 Å². The zero-order chi connectivity index (χ0) is 30.9. The average molecular weight is 596 g/mol. The number of ketones is 1. The molecule has 44 heavy (non-hydrogen) atoms. The molecule has 5 rings (SSSR count). The Labute approximate surface area is 259 Å². The minimum Gasteiger partial charge on any atom is -0.494 e. The molecule has 0 radical (unpaired) electrons. The Morgan fingerprint density at radius 2 is 1.59 bits per heavy atom. The lowest BCUT2D eigenvalue weighted by atomic mass is 9.87. The number of carbonyl (C=O) groups is 2. The highest BCUT2D eigenvalue weighted by Crippen LogP contribution is 2.33. The number of hydroxylamine groups is 2. The predicted octanol–water partition coefficient (Wildman–Crippen LogP) is 8.12. The molecule has 1 saturated heterocycles. The van der Waals surface area contributed by atoms with Crippen LogP contribution in [0.25, 0.3) is 10.8 Å². The van der Waals surface area contributed by atoms with Gasteiger partial charge in [-0.25, -0.2) is 4.79 Å². The summed E-state index contributed by atoms with van der Waals surface area (Å²) >= 11 is 0. The van der Waals surface area contributed by atoms with Crippen molar-refractivity contribution in [3.8, 4) is 5.75 Å². The molecular formula is C37H41NO6. The molecule has 1 heterocycles. The molecule has 230 valence electrons. The van der Waals surface area contributed by atoms with Gasteiger partial charge in [-0.3, -0.25) is 4.79 Å². The van der Waals surface area contributed by atoms with Crippen molar-refractivity contribution in [3.63, 3.8) is 0 Å². The van der Waals surface area contributed by atoms with E-state index in [1.165, 1.54) is 10.8 Å². The molecule has 1 fully saturated rings. The van der Waals surface area contributed by atoms with E-state index in [2.05, 4.69) is 42.5 Å². The molecule has 0 N–H and O–H groups in total. The Kier molecular flexibility index (Phi) is 10.3. The van der Waals surface area contributed by atoms with Crippen molar-refractivity contribution in [2.75, 3.05) is 19.7 Å². The Morgan fingerprint density at radius 1 is 0.864 bits per heavy atom. The first-order valence-electron chi connectivity index (χ1n) is 15.3. The van der Waals surface area contributed by atoms with Crippen LogP contribution < -0.4 is 4.74 Å². The van der Waals surface area contributed by atoms with Crippen LogP contribution in [0.5, 0.6) is 5.75 Å². The summed E-state index contributed by atoms with van der Waals surface area (Å²) in [5.41, 5.74) is 2.32. The molecule has 0 amide bonds. The Hall–Kier alpha value is -4.20. The fourth-order valence-corrected chi connectivity index (χ4v) is 5.43. The maximum Gasteiger partial charge on any atom is 0.528 e. The molecular weight excluding hydrogens is 554 g/mol. The second-order valence-corrected chi connectivity index (χ2v) is 12.2. The van der Waals surface area contributed by atoms with Gasteiger partial charge in [-0.2, -0.15) is 0 Å². The van der Waals surface area contributed by atoms with Crippen LogP contribution in [0.3, 0.4) is 0 Å². The minimum absolute atomic E-state index is 0.103. The van der Waals surface area contributed by atoms with E-state index in [4.69, 9.17) is 19.0 Å². The van der Waals surface area contributed by atoms with Gasteiger partial charge >= 0.3 is 6.16 Å². The number of ether oxygens (including phenoxy) is 3. The van der Waals surface area contributed by atoms with Crippen molar-refractivity contribution in [3.05, 3.63) is 114 Å². The summed E-state index contributed by atoms with van der Waals surface area (Å²) in [7, 11) is 0. The zero-order valence-electron chi connectivity index (χ0n) is 25.7. The standard InChI is InChI=1S/C37H41NO6/c1-37(2,3)43-36(40)44-38-22-21-33(35(25-38)42-26-27-15-16-28-10-7-8-13-31(28)24-27)29-17-19-32(20-18-29)41-23-9-14-34(39)30-11-5-4-6-12-30/h4-8,10-13,15-20,24,33,35H,9,14,21-23,25-26H2,1-3H3. The summed E-state index contributed by atoms with van der Waals surface area (Å²) in [4.78, 5) is 30.3. The fourth-order valence-electron chi connectivity index (χ4n) is 5.43. The van der Waals surface area contributed by atoms with Crippen LogP contribution in [0.4, 0.5) is 4.79 Å². The third-order valence-electron chi connectivity index (χ3n) is 7.61. The van der Waals surface area contributed by atoms with Crippen molar-refractivity contribution >= 4 is 22.7 Å². The Balaban J connectivity index is 1.20. The Morgan fingerprint density at radius 3 is 2.34 bits per heavy atom. The van der Waals surface area contributed by atoms with Crippen LogP contribution >= 0.6 is 0 Å². The monoisotopic (exact) mass is 595 g/mol. The average Bonchev–Trinajstić information content (AvgIpc) is 3.02. The first-order chi connectivity index (χ1) is 21.2. The van der Waals surface area contributed by atoms with E-state index in [0.717, 1.165) is 28.9 Å². The van der Waals surface area contributed by atoms with Crippen molar-refractivity contribution < 1.29 is 28.6 Å². The molecule has 0 bridgehead atoms. The van der Waals surface area contributed by atoms with Crippen LogP contribution in [0.2, 0.25) is 0 Å². The molecule has 0 saturated carbocycles. The van der Waals surface area contributed by atoms with Gasteiger partial charge in [0.05, 0.1) is 25.9 Å². The summed E-state index contributed by atoms with van der Waals surface area (Å²) in [6.45, 7) is 7.33. The molecule has 4 aromatic carbocycles. The van der Waals surface area contributed by atoms with Crippen LogP contribution in [0.1, 0.15) is 67.4 Å². The van der Waals surface area contributed by atoms with E-state index in [1.54, 1.807) is 5.06 Å². The number of nitrogens with zero attached hydrogens (tertiary/aromatic N) is 1. The third-order valence-corrected chi connectivity index (χ3v) is 7.61. The number of Topliss-reactive ketones (excluding diaryl/α,β-unsaturated/α-hetero) is 1. The number of fused-ring (bicyclic) bond motifs is 1. The highest BCUT2D eigenvalue weighted by atomic mass is 16.8. The lowest BCUT2D eigenvalue weighted by molar-refractivity contribution is -0.179. The van der Waals surface area contributed by atoms with Gasteiger partial charge in [0.25, 0.3) is 0 Å². The van der Waals surface area contributed by atoms with Gasteiger partial charge in [0.15, 0.2) is 5.78 Å². The van der Waals surface area contributed by atoms with Gasteiger partial charge in [0.1, 0.15) is 11.4 Å². The normalized spacial score (nSPS) is 17.2. The topological polar surface area (TPSA) is 74.3 Å². The lowest BCUT2D eigenvalue weighted by Crippen LogP contribution is -2.45. The number of hydrogen-bond donors (Lipinski definition) is 0. The molecule has 0 aromatic heterocycles. The highest BCUT2D eigenvalue weighted by Gasteiger charge is 2.34. The van der Waals surface area contributed by atoms with Gasteiger partial charge in [0.2, 0.25) is 0 Å². The number of carbonyl (C=O) groups excluding carboxylic acids is 2. The second kappa shape index (κ2) is 14.5. The molecule has 1 aliphatic heterocycles. The highest BCUT2D eigenvalue weighted by molar-refractivity contribution is 5.95. The zero-order valence-corrected chi connectivity index (χ0v) is 25.7. The molecule has 7 nitrogen and oxygen atoms in total. The second-order valence-electron chi connectivity index (χ2n) is 12.2. The number of hydrogen-bond acceptors (Lipinski definition) is 7. The summed E-state index contributed by atoms with van der Waals surface area (Å²) in [6, 6.07) is 32.1. The third kappa shape index (κ3) is 8.91. The number of piperidine rings is 1. The van der Waals surface area contributed by atoms with Crippen LogP contribution in [0, 0.1) is 0 Å². The molecule has 0 spiro atoms. The summed E-state index contributed by atoms with van der Waals surface area (Å²) < 4.78 is 17.8. The maximum atomic E-state index is 12.4. The van der Waals surface area contributed by atoms with Crippen LogP contribution in [0.15, 0.2) is 97.1 Å². The van der Waals surface area contributed by atoms with E-state index in [9.17, 15) is 9.59 Å². The van der Waals surface area contributed by atoms with Gasteiger partial charge < -0.3 is 19.0 Å². The molecule has 0 aliphatic carbocycles. The lowest BCUT2D eigenvalue weighted by Gasteiger charge is -2.37. The molecule has 4 aromatic rings.